The molecule has 2 fully saturated rings. The van der Waals surface area contributed by atoms with Crippen LogP contribution in [0.1, 0.15) is 44.7 Å². The molecule has 0 unspecified atom stereocenters. The van der Waals surface area contributed by atoms with Gasteiger partial charge in [0.2, 0.25) is 5.91 Å². The molecule has 8 heteroatoms. The number of nitrogens with zero attached hydrogens (tertiary/aromatic N) is 5. The van der Waals surface area contributed by atoms with Crippen molar-refractivity contribution < 1.29 is 9.18 Å². The van der Waals surface area contributed by atoms with Gasteiger partial charge in [0.1, 0.15) is 12.5 Å². The number of aryl methyl sites for hydroxylation is 1. The van der Waals surface area contributed by atoms with E-state index in [0.29, 0.717) is 12.4 Å². The number of rotatable bonds is 7. The molecule has 2 aliphatic heterocycles. The molecule has 192 valence electrons. The number of hydrogen-bond acceptors (Lipinski definition) is 5. The van der Waals surface area contributed by atoms with E-state index in [0.717, 1.165) is 67.5 Å². The highest BCUT2D eigenvalue weighted by molar-refractivity contribution is 5.96. The fourth-order valence-corrected chi connectivity index (χ4v) is 5.48. The van der Waals surface area contributed by atoms with Crippen LogP contribution in [0.2, 0.25) is 0 Å². The minimum atomic E-state index is -0.468. The van der Waals surface area contributed by atoms with E-state index in [-0.39, 0.29) is 12.6 Å². The van der Waals surface area contributed by atoms with E-state index in [4.69, 9.17) is 0 Å². The number of piperidine rings is 2. The van der Waals surface area contributed by atoms with Gasteiger partial charge in [-0.2, -0.15) is 5.10 Å². The summed E-state index contributed by atoms with van der Waals surface area (Å²) in [5, 5.41) is 9.69. The Balaban J connectivity index is 1.34. The lowest BCUT2D eigenvalue weighted by Gasteiger charge is -2.37. The third kappa shape index (κ3) is 5.30. The van der Waals surface area contributed by atoms with E-state index >= 15 is 0 Å². The maximum absolute atomic E-state index is 13.2. The summed E-state index contributed by atoms with van der Waals surface area (Å²) in [4.78, 5) is 22.3. The molecule has 1 aromatic carbocycles. The average Bonchev–Trinajstić information content (AvgIpc) is 3.25. The number of pyridine rings is 1. The lowest BCUT2D eigenvalue weighted by atomic mass is 9.79. The first-order valence-electron chi connectivity index (χ1n) is 13.2. The van der Waals surface area contributed by atoms with Crippen LogP contribution in [0.3, 0.4) is 0 Å². The summed E-state index contributed by atoms with van der Waals surface area (Å²) in [5.74, 6) is 0.554. The van der Waals surface area contributed by atoms with E-state index in [1.165, 1.54) is 25.0 Å². The molecule has 7 nitrogen and oxygen atoms in total. The van der Waals surface area contributed by atoms with Crippen molar-refractivity contribution in [1.82, 2.24) is 24.6 Å². The van der Waals surface area contributed by atoms with Crippen LogP contribution in [0, 0.1) is 5.41 Å². The Morgan fingerprint density at radius 1 is 1.03 bits per heavy atom. The maximum atomic E-state index is 13.2. The van der Waals surface area contributed by atoms with Crippen LogP contribution >= 0.6 is 0 Å². The average molecular weight is 493 g/mol. The Morgan fingerprint density at radius 3 is 2.56 bits per heavy atom. The number of nitrogens with one attached hydrogen (secondary N) is 1. The van der Waals surface area contributed by atoms with Crippen LogP contribution in [0.15, 0.2) is 36.7 Å². The molecule has 2 aliphatic rings. The molecule has 5 rings (SSSR count). The lowest BCUT2D eigenvalue weighted by molar-refractivity contribution is -0.127. The van der Waals surface area contributed by atoms with E-state index in [2.05, 4.69) is 43.4 Å². The molecule has 36 heavy (non-hydrogen) atoms. The number of carbonyl (C=O) groups is 1. The van der Waals surface area contributed by atoms with Gasteiger partial charge in [-0.1, -0.05) is 25.5 Å². The first-order valence-corrected chi connectivity index (χ1v) is 13.2. The number of amides is 1. The minimum absolute atomic E-state index is 0.0125. The lowest BCUT2D eigenvalue weighted by Crippen LogP contribution is -2.45. The molecular formula is C28H37FN6O. The highest BCUT2D eigenvalue weighted by Crippen LogP contribution is 2.33. The maximum Gasteiger partial charge on any atom is 0.231 e. The van der Waals surface area contributed by atoms with E-state index in [9.17, 15) is 9.18 Å². The Hall–Kier alpha value is -2.84. The molecule has 4 heterocycles. The van der Waals surface area contributed by atoms with E-state index in [1.54, 1.807) is 0 Å². The Morgan fingerprint density at radius 2 is 1.81 bits per heavy atom. The predicted octanol–water partition coefficient (Wildman–Crippen LogP) is 4.63. The Kier molecular flexibility index (Phi) is 7.34. The van der Waals surface area contributed by atoms with Gasteiger partial charge in [0.25, 0.3) is 0 Å². The summed E-state index contributed by atoms with van der Waals surface area (Å²) in [7, 11) is 2.02. The molecule has 1 amide bonds. The standard InChI is InChI=1S/C28H37FN6O/c1-28(8-13-34(14-9-28)15-10-29)27(36)32-26-17-23-16-21(6-7-22(23)18-30-26)24-19-31-33(2)25(24)20-35-11-4-3-5-12-35/h6-7,16-19H,3-5,8-15,20H2,1-2H3,(H,30,32,36). The molecule has 0 aliphatic carbocycles. The number of alkyl halides is 1. The fourth-order valence-electron chi connectivity index (χ4n) is 5.48. The summed E-state index contributed by atoms with van der Waals surface area (Å²) in [6.07, 6.45) is 9.07. The minimum Gasteiger partial charge on any atom is -0.310 e. The molecule has 0 atom stereocenters. The third-order valence-corrected chi connectivity index (χ3v) is 8.07. The van der Waals surface area contributed by atoms with Crippen molar-refractivity contribution in [2.24, 2.45) is 12.5 Å². The van der Waals surface area contributed by atoms with Crippen LogP contribution in [0.4, 0.5) is 10.2 Å². The summed E-state index contributed by atoms with van der Waals surface area (Å²) in [6.45, 7) is 6.78. The number of anilines is 1. The van der Waals surface area contributed by atoms with Crippen molar-refractivity contribution in [3.8, 4) is 11.1 Å². The Bertz CT molecular complexity index is 1210. The molecule has 3 aromatic rings. The zero-order valence-corrected chi connectivity index (χ0v) is 21.5. The number of likely N-dealkylation sites (tertiary alicyclic amines) is 2. The van der Waals surface area contributed by atoms with Crippen molar-refractivity contribution >= 4 is 22.5 Å². The Labute approximate surface area is 212 Å². The molecule has 0 bridgehead atoms. The second kappa shape index (κ2) is 10.6. The fraction of sp³-hybridized carbons (Fsp3) is 0.536. The molecule has 1 N–H and O–H groups in total. The van der Waals surface area contributed by atoms with Crippen molar-refractivity contribution in [1.29, 1.82) is 0 Å². The number of fused-ring (bicyclic) bond motifs is 1. The molecule has 0 radical (unpaired) electrons. The number of aromatic nitrogens is 3. The van der Waals surface area contributed by atoms with Crippen LogP contribution < -0.4 is 5.32 Å². The van der Waals surface area contributed by atoms with Crippen molar-refractivity contribution in [2.45, 2.75) is 45.6 Å². The largest absolute Gasteiger partial charge is 0.310 e. The van der Waals surface area contributed by atoms with Crippen LogP contribution in [-0.4, -0.2) is 69.9 Å². The highest BCUT2D eigenvalue weighted by Gasteiger charge is 2.37. The first kappa shape index (κ1) is 24.8. The quantitative estimate of drug-likeness (QED) is 0.521. The zero-order chi connectivity index (χ0) is 25.1. The summed E-state index contributed by atoms with van der Waals surface area (Å²) >= 11 is 0. The first-order chi connectivity index (χ1) is 17.4. The van der Waals surface area contributed by atoms with Gasteiger partial charge in [-0.3, -0.25) is 14.4 Å². The zero-order valence-electron chi connectivity index (χ0n) is 21.5. The van der Waals surface area contributed by atoms with Crippen LogP contribution in [0.25, 0.3) is 21.9 Å². The van der Waals surface area contributed by atoms with Gasteiger partial charge >= 0.3 is 0 Å². The smallest absolute Gasteiger partial charge is 0.231 e. The van der Waals surface area contributed by atoms with Gasteiger partial charge in [-0.05, 0) is 74.9 Å². The normalized spacial score (nSPS) is 19.0. The van der Waals surface area contributed by atoms with Gasteiger partial charge in [-0.25, -0.2) is 9.37 Å². The molecule has 2 aromatic heterocycles. The van der Waals surface area contributed by atoms with Crippen molar-refractivity contribution in [3.05, 3.63) is 42.4 Å². The highest BCUT2D eigenvalue weighted by atomic mass is 19.1. The third-order valence-electron chi connectivity index (χ3n) is 8.07. The predicted molar refractivity (Wildman–Crippen MR) is 141 cm³/mol. The molecular weight excluding hydrogens is 455 g/mol. The molecule has 0 spiro atoms. The van der Waals surface area contributed by atoms with E-state index < -0.39 is 5.41 Å². The van der Waals surface area contributed by atoms with Crippen LogP contribution in [0.5, 0.6) is 0 Å². The van der Waals surface area contributed by atoms with Gasteiger partial charge < -0.3 is 10.2 Å². The number of halogens is 1. The monoisotopic (exact) mass is 492 g/mol. The second-order valence-electron chi connectivity index (χ2n) is 10.6. The summed E-state index contributed by atoms with van der Waals surface area (Å²) in [6, 6.07) is 8.34. The van der Waals surface area contributed by atoms with Gasteiger partial charge in [0.05, 0.1) is 11.9 Å². The van der Waals surface area contributed by atoms with Crippen molar-refractivity contribution in [2.75, 3.05) is 44.7 Å². The molecule has 0 saturated carbocycles. The second-order valence-corrected chi connectivity index (χ2v) is 10.6. The van der Waals surface area contributed by atoms with Crippen molar-refractivity contribution in [3.63, 3.8) is 0 Å². The van der Waals surface area contributed by atoms with Gasteiger partial charge in [-0.15, -0.1) is 0 Å². The van der Waals surface area contributed by atoms with Gasteiger partial charge in [0, 0.05) is 42.7 Å². The number of carbonyl (C=O) groups excluding carboxylic acids is 1. The van der Waals surface area contributed by atoms with Crippen LogP contribution in [-0.2, 0) is 18.4 Å². The summed E-state index contributed by atoms with van der Waals surface area (Å²) < 4.78 is 14.7. The summed E-state index contributed by atoms with van der Waals surface area (Å²) in [5.41, 5.74) is 3.04. The SMILES string of the molecule is Cn1ncc(-c2ccc3cnc(NC(=O)C4(C)CCN(CCF)CC4)cc3c2)c1CN1CCCCC1. The number of benzene rings is 1. The van der Waals surface area contributed by atoms with E-state index in [1.807, 2.05) is 37.1 Å². The molecule has 2 saturated heterocycles. The van der Waals surface area contributed by atoms with Gasteiger partial charge in [0.15, 0.2) is 0 Å². The topological polar surface area (TPSA) is 66.3 Å². The number of hydrogen-bond donors (Lipinski definition) is 1.